The third kappa shape index (κ3) is 2.45. The van der Waals surface area contributed by atoms with Crippen LogP contribution in [0.15, 0.2) is 35.4 Å². The summed E-state index contributed by atoms with van der Waals surface area (Å²) in [6, 6.07) is 5.03. The summed E-state index contributed by atoms with van der Waals surface area (Å²) < 4.78 is 41.9. The first-order chi connectivity index (χ1) is 10.3. The van der Waals surface area contributed by atoms with E-state index in [1.54, 1.807) is 0 Å². The standard InChI is InChI=1S/C12H8F3N5O2/c13-12(14,15)22-7-3-1-2-6(4-7)20-8-9(19-11(20)16)17-5-18-10(8)21/h1-5H,(H3,16,17,18,19,21). The third-order valence-electron chi connectivity index (χ3n) is 2.79. The number of alkyl halides is 3. The van der Waals surface area contributed by atoms with Crippen LogP contribution >= 0.6 is 0 Å². The van der Waals surface area contributed by atoms with Crippen molar-refractivity contribution in [3.05, 3.63) is 40.9 Å². The van der Waals surface area contributed by atoms with Crippen LogP contribution in [-0.4, -0.2) is 25.9 Å². The highest BCUT2D eigenvalue weighted by Crippen LogP contribution is 2.26. The first-order valence-corrected chi connectivity index (χ1v) is 5.93. The molecule has 0 spiro atoms. The fraction of sp³-hybridized carbons (Fsp3) is 0.0833. The van der Waals surface area contributed by atoms with E-state index < -0.39 is 17.7 Å². The maximum absolute atomic E-state index is 12.3. The summed E-state index contributed by atoms with van der Waals surface area (Å²) >= 11 is 0. The molecule has 22 heavy (non-hydrogen) atoms. The highest BCUT2D eigenvalue weighted by atomic mass is 19.4. The Morgan fingerprint density at radius 3 is 2.82 bits per heavy atom. The average Bonchev–Trinajstić information content (AvgIpc) is 2.74. The molecule has 0 unspecified atom stereocenters. The molecule has 2 heterocycles. The lowest BCUT2D eigenvalue weighted by Gasteiger charge is -2.11. The number of imidazole rings is 1. The second-order valence-electron chi connectivity index (χ2n) is 4.25. The number of nitrogen functional groups attached to an aromatic ring is 1. The van der Waals surface area contributed by atoms with Crippen molar-refractivity contribution < 1.29 is 17.9 Å². The normalized spacial score (nSPS) is 11.8. The number of benzene rings is 1. The predicted octanol–water partition coefficient (Wildman–Crippen LogP) is 1.59. The molecule has 0 atom stereocenters. The molecule has 0 amide bonds. The monoisotopic (exact) mass is 311 g/mol. The maximum Gasteiger partial charge on any atom is 0.573 e. The Morgan fingerprint density at radius 1 is 1.32 bits per heavy atom. The number of fused-ring (bicyclic) bond motifs is 1. The van der Waals surface area contributed by atoms with Gasteiger partial charge in [0.1, 0.15) is 5.75 Å². The van der Waals surface area contributed by atoms with Gasteiger partial charge in [-0.1, -0.05) is 6.07 Å². The Balaban J connectivity index is 2.18. The molecule has 0 bridgehead atoms. The van der Waals surface area contributed by atoms with Crippen molar-refractivity contribution >= 4 is 17.1 Å². The minimum absolute atomic E-state index is 0.0316. The van der Waals surface area contributed by atoms with Gasteiger partial charge in [0.25, 0.3) is 5.56 Å². The first kappa shape index (κ1) is 13.9. The summed E-state index contributed by atoms with van der Waals surface area (Å²) in [5, 5.41) is 0. The van der Waals surface area contributed by atoms with Gasteiger partial charge in [0.2, 0.25) is 5.95 Å². The van der Waals surface area contributed by atoms with Crippen LogP contribution in [-0.2, 0) is 0 Å². The summed E-state index contributed by atoms with van der Waals surface area (Å²) in [5.41, 5.74) is 5.52. The molecular weight excluding hydrogens is 303 g/mol. The molecule has 0 aliphatic rings. The van der Waals surface area contributed by atoms with Gasteiger partial charge >= 0.3 is 6.36 Å². The Bertz CT molecular complexity index is 900. The number of halogens is 3. The highest BCUT2D eigenvalue weighted by molar-refractivity contribution is 5.76. The number of nitrogens with two attached hydrogens (primary N) is 1. The van der Waals surface area contributed by atoms with Gasteiger partial charge in [0, 0.05) is 6.07 Å². The molecule has 0 aliphatic carbocycles. The Hall–Kier alpha value is -3.04. The van der Waals surface area contributed by atoms with Crippen LogP contribution in [0.3, 0.4) is 0 Å². The number of H-pyrrole nitrogens is 1. The van der Waals surface area contributed by atoms with E-state index in [1.165, 1.54) is 16.7 Å². The number of nitrogens with zero attached hydrogens (tertiary/aromatic N) is 3. The molecule has 1 aromatic carbocycles. The number of hydrogen-bond donors (Lipinski definition) is 2. The first-order valence-electron chi connectivity index (χ1n) is 5.93. The van der Waals surface area contributed by atoms with E-state index in [0.29, 0.717) is 0 Å². The highest BCUT2D eigenvalue weighted by Gasteiger charge is 2.31. The lowest BCUT2D eigenvalue weighted by atomic mass is 10.3. The van der Waals surface area contributed by atoms with Crippen molar-refractivity contribution in [3.8, 4) is 11.4 Å². The van der Waals surface area contributed by atoms with Gasteiger partial charge in [-0.2, -0.15) is 4.98 Å². The molecule has 0 saturated carbocycles. The second-order valence-corrected chi connectivity index (χ2v) is 4.25. The lowest BCUT2D eigenvalue weighted by Crippen LogP contribution is -2.17. The van der Waals surface area contributed by atoms with Crippen molar-refractivity contribution in [1.82, 2.24) is 19.5 Å². The minimum Gasteiger partial charge on any atom is -0.406 e. The van der Waals surface area contributed by atoms with Crippen molar-refractivity contribution in [2.45, 2.75) is 6.36 Å². The van der Waals surface area contributed by atoms with Crippen LogP contribution in [0, 0.1) is 0 Å². The summed E-state index contributed by atoms with van der Waals surface area (Å²) in [6.07, 6.45) is -3.66. The molecule has 114 valence electrons. The molecule has 0 radical (unpaired) electrons. The quantitative estimate of drug-likeness (QED) is 0.749. The number of hydrogen-bond acceptors (Lipinski definition) is 5. The summed E-state index contributed by atoms with van der Waals surface area (Å²) in [5.74, 6) is -0.519. The molecule has 2 aromatic heterocycles. The summed E-state index contributed by atoms with van der Waals surface area (Å²) in [6.45, 7) is 0. The zero-order valence-electron chi connectivity index (χ0n) is 10.8. The molecule has 0 saturated heterocycles. The van der Waals surface area contributed by atoms with Gasteiger partial charge in [-0.05, 0) is 12.1 Å². The van der Waals surface area contributed by atoms with Gasteiger partial charge in [0.05, 0.1) is 12.0 Å². The number of anilines is 1. The topological polar surface area (TPSA) is 98.8 Å². The molecule has 0 fully saturated rings. The molecule has 3 N–H and O–H groups in total. The fourth-order valence-corrected chi connectivity index (χ4v) is 2.02. The molecule has 10 heteroatoms. The molecule has 7 nitrogen and oxygen atoms in total. The molecule has 3 aromatic rings. The summed E-state index contributed by atoms with van der Waals surface area (Å²) in [7, 11) is 0. The molecule has 0 aliphatic heterocycles. The van der Waals surface area contributed by atoms with E-state index >= 15 is 0 Å². The number of ether oxygens (including phenoxy) is 1. The SMILES string of the molecule is Nc1nc2nc[nH]c(=O)c2n1-c1cccc(OC(F)(F)F)c1. The zero-order chi connectivity index (χ0) is 15.9. The van der Waals surface area contributed by atoms with E-state index in [4.69, 9.17) is 5.73 Å². The van der Waals surface area contributed by atoms with Gasteiger partial charge in [-0.15, -0.1) is 13.2 Å². The lowest BCUT2D eigenvalue weighted by molar-refractivity contribution is -0.274. The minimum atomic E-state index is -4.82. The van der Waals surface area contributed by atoms with Crippen LogP contribution in [0.2, 0.25) is 0 Å². The number of aromatic nitrogens is 4. The Kier molecular flexibility index (Phi) is 3.01. The molecular formula is C12H8F3N5O2. The van der Waals surface area contributed by atoms with Crippen molar-refractivity contribution in [2.24, 2.45) is 0 Å². The van der Waals surface area contributed by atoms with Gasteiger partial charge in [-0.3, -0.25) is 9.36 Å². The van der Waals surface area contributed by atoms with Crippen molar-refractivity contribution in [1.29, 1.82) is 0 Å². The number of aromatic amines is 1. The van der Waals surface area contributed by atoms with E-state index in [9.17, 15) is 18.0 Å². The Morgan fingerprint density at radius 2 is 2.09 bits per heavy atom. The fourth-order valence-electron chi connectivity index (χ4n) is 2.02. The summed E-state index contributed by atoms with van der Waals surface area (Å²) in [4.78, 5) is 22.0. The number of rotatable bonds is 2. The van der Waals surface area contributed by atoms with Crippen LogP contribution in [0.5, 0.6) is 5.75 Å². The smallest absolute Gasteiger partial charge is 0.406 e. The van der Waals surface area contributed by atoms with Crippen molar-refractivity contribution in [2.75, 3.05) is 5.73 Å². The molecule has 3 rings (SSSR count). The third-order valence-corrected chi connectivity index (χ3v) is 2.79. The van der Waals surface area contributed by atoms with Crippen LogP contribution in [0.4, 0.5) is 19.1 Å². The van der Waals surface area contributed by atoms with Gasteiger partial charge in [-0.25, -0.2) is 4.98 Å². The average molecular weight is 311 g/mol. The Labute approximate surface area is 120 Å². The van der Waals surface area contributed by atoms with E-state index in [1.807, 2.05) is 0 Å². The number of nitrogens with one attached hydrogen (secondary N) is 1. The van der Waals surface area contributed by atoms with E-state index in [2.05, 4.69) is 19.7 Å². The van der Waals surface area contributed by atoms with E-state index in [0.717, 1.165) is 18.5 Å². The largest absolute Gasteiger partial charge is 0.573 e. The van der Waals surface area contributed by atoms with Gasteiger partial charge in [0.15, 0.2) is 11.2 Å². The van der Waals surface area contributed by atoms with Crippen LogP contribution < -0.4 is 16.0 Å². The van der Waals surface area contributed by atoms with Crippen LogP contribution in [0.25, 0.3) is 16.9 Å². The maximum atomic E-state index is 12.3. The van der Waals surface area contributed by atoms with Gasteiger partial charge < -0.3 is 15.5 Å². The predicted molar refractivity (Wildman–Crippen MR) is 70.6 cm³/mol. The van der Waals surface area contributed by atoms with Crippen LogP contribution in [0.1, 0.15) is 0 Å². The van der Waals surface area contributed by atoms with Crippen molar-refractivity contribution in [3.63, 3.8) is 0 Å². The van der Waals surface area contributed by atoms with E-state index in [-0.39, 0.29) is 22.8 Å². The second kappa shape index (κ2) is 4.76. The zero-order valence-corrected chi connectivity index (χ0v) is 10.8.